The minimum atomic E-state index is -0.152. The minimum absolute atomic E-state index is 0.113. The summed E-state index contributed by atoms with van der Waals surface area (Å²) in [6, 6.07) is 9.86. The third-order valence-electron chi connectivity index (χ3n) is 4.08. The van der Waals surface area contributed by atoms with Crippen LogP contribution in [0.25, 0.3) is 0 Å². The van der Waals surface area contributed by atoms with Gasteiger partial charge in [-0.05, 0) is 30.7 Å². The van der Waals surface area contributed by atoms with E-state index in [4.69, 9.17) is 9.15 Å². The Labute approximate surface area is 152 Å². The van der Waals surface area contributed by atoms with Crippen molar-refractivity contribution in [1.82, 2.24) is 10.2 Å². The number of carbonyl (C=O) groups is 1. The average Bonchev–Trinajstić information content (AvgIpc) is 3.16. The lowest BCUT2D eigenvalue weighted by atomic mass is 10.2. The Morgan fingerprint density at radius 3 is 2.96 bits per heavy atom. The Morgan fingerprint density at radius 2 is 2.20 bits per heavy atom. The van der Waals surface area contributed by atoms with E-state index in [-0.39, 0.29) is 12.0 Å². The predicted molar refractivity (Wildman–Crippen MR) is 100 cm³/mol. The molecule has 0 saturated carbocycles. The molecule has 1 aliphatic rings. The molecule has 0 spiro atoms. The molecule has 1 aromatic carbocycles. The topological polar surface area (TPSA) is 54.7 Å². The van der Waals surface area contributed by atoms with E-state index in [2.05, 4.69) is 22.3 Å². The number of hydrogen-bond acceptors (Lipinski definition) is 5. The number of furan rings is 1. The Hall–Kier alpha value is -1.92. The van der Waals surface area contributed by atoms with Crippen LogP contribution in [0.3, 0.4) is 0 Å². The van der Waals surface area contributed by atoms with Crippen LogP contribution < -0.4 is 10.1 Å². The summed E-state index contributed by atoms with van der Waals surface area (Å²) >= 11 is 2.02. The molecule has 2 heterocycles. The summed E-state index contributed by atoms with van der Waals surface area (Å²) in [6.07, 6.45) is 2.81. The van der Waals surface area contributed by atoms with Gasteiger partial charge in [0.15, 0.2) is 0 Å². The van der Waals surface area contributed by atoms with Gasteiger partial charge in [0.25, 0.3) is 5.91 Å². The van der Waals surface area contributed by atoms with E-state index in [1.807, 2.05) is 30.8 Å². The molecule has 134 valence electrons. The quantitative estimate of drug-likeness (QED) is 0.823. The van der Waals surface area contributed by atoms with E-state index in [1.165, 1.54) is 29.6 Å². The third-order valence-corrected chi connectivity index (χ3v) is 5.02. The fourth-order valence-corrected chi connectivity index (χ4v) is 3.72. The number of nitrogens with zero attached hydrogens (tertiary/aromatic N) is 1. The number of carbonyl (C=O) groups excluding carboxylic acids is 1. The summed E-state index contributed by atoms with van der Waals surface area (Å²) < 4.78 is 10.9. The number of thioether (sulfide) groups is 1. The fourth-order valence-electron chi connectivity index (χ4n) is 2.74. The zero-order valence-electron chi connectivity index (χ0n) is 14.4. The number of rotatable bonds is 7. The van der Waals surface area contributed by atoms with Crippen molar-refractivity contribution in [3.05, 3.63) is 54.0 Å². The SMILES string of the molecule is C[C@H](CNC(=O)c1ccoc1)Oc1cccc(CN2CCSCC2)c1. The lowest BCUT2D eigenvalue weighted by Crippen LogP contribution is -2.33. The Kier molecular flexibility index (Phi) is 6.42. The molecule has 1 aromatic heterocycles. The second kappa shape index (κ2) is 8.97. The maximum absolute atomic E-state index is 11.9. The van der Waals surface area contributed by atoms with Crippen molar-refractivity contribution in [3.63, 3.8) is 0 Å². The summed E-state index contributed by atoms with van der Waals surface area (Å²) in [7, 11) is 0. The summed E-state index contributed by atoms with van der Waals surface area (Å²) in [4.78, 5) is 14.4. The monoisotopic (exact) mass is 360 g/mol. The first-order chi connectivity index (χ1) is 12.2. The highest BCUT2D eigenvalue weighted by Gasteiger charge is 2.12. The van der Waals surface area contributed by atoms with Crippen molar-refractivity contribution in [2.24, 2.45) is 0 Å². The second-order valence-corrected chi connectivity index (χ2v) is 7.41. The Morgan fingerprint density at radius 1 is 1.36 bits per heavy atom. The predicted octanol–water partition coefficient (Wildman–Crippen LogP) is 3.03. The van der Waals surface area contributed by atoms with Gasteiger partial charge in [-0.3, -0.25) is 9.69 Å². The molecule has 0 unspecified atom stereocenters. The van der Waals surface area contributed by atoms with Gasteiger partial charge in [-0.1, -0.05) is 12.1 Å². The largest absolute Gasteiger partial charge is 0.489 e. The first-order valence-electron chi connectivity index (χ1n) is 8.57. The van der Waals surface area contributed by atoms with Gasteiger partial charge in [0.1, 0.15) is 18.1 Å². The summed E-state index contributed by atoms with van der Waals surface area (Å²) in [5.74, 6) is 3.11. The number of amides is 1. The zero-order valence-corrected chi connectivity index (χ0v) is 15.3. The van der Waals surface area contributed by atoms with E-state index < -0.39 is 0 Å². The van der Waals surface area contributed by atoms with Crippen LogP contribution in [-0.2, 0) is 6.54 Å². The zero-order chi connectivity index (χ0) is 17.5. The number of nitrogens with one attached hydrogen (secondary N) is 1. The molecule has 0 bridgehead atoms. The average molecular weight is 360 g/mol. The van der Waals surface area contributed by atoms with E-state index in [0.29, 0.717) is 12.1 Å². The number of hydrogen-bond donors (Lipinski definition) is 1. The maximum Gasteiger partial charge on any atom is 0.254 e. The van der Waals surface area contributed by atoms with E-state index in [0.717, 1.165) is 25.4 Å². The standard InChI is InChI=1S/C19H24N2O3S/c1-15(12-20-19(22)17-5-8-23-14-17)24-18-4-2-3-16(11-18)13-21-6-9-25-10-7-21/h2-5,8,11,14-15H,6-7,9-10,12-13H2,1H3,(H,20,22)/t15-/m1/s1. The van der Waals surface area contributed by atoms with Crippen LogP contribution in [0.1, 0.15) is 22.8 Å². The summed E-state index contributed by atoms with van der Waals surface area (Å²) in [5, 5.41) is 2.85. The molecule has 1 amide bonds. The summed E-state index contributed by atoms with van der Waals surface area (Å²) in [5.41, 5.74) is 1.79. The van der Waals surface area contributed by atoms with Crippen LogP contribution in [0.2, 0.25) is 0 Å². The maximum atomic E-state index is 11.9. The molecule has 1 fully saturated rings. The Balaban J connectivity index is 1.48. The number of benzene rings is 1. The Bertz CT molecular complexity index is 669. The van der Waals surface area contributed by atoms with Gasteiger partial charge < -0.3 is 14.5 Å². The molecule has 3 rings (SSSR count). The smallest absolute Gasteiger partial charge is 0.254 e. The normalized spacial score (nSPS) is 16.4. The lowest BCUT2D eigenvalue weighted by Gasteiger charge is -2.26. The van der Waals surface area contributed by atoms with Crippen molar-refractivity contribution in [1.29, 1.82) is 0 Å². The van der Waals surface area contributed by atoms with Crippen molar-refractivity contribution in [2.45, 2.75) is 19.6 Å². The van der Waals surface area contributed by atoms with Crippen molar-refractivity contribution >= 4 is 17.7 Å². The van der Waals surface area contributed by atoms with E-state index in [1.54, 1.807) is 6.07 Å². The summed E-state index contributed by atoms with van der Waals surface area (Å²) in [6.45, 7) is 5.64. The van der Waals surface area contributed by atoms with Crippen LogP contribution in [0.4, 0.5) is 0 Å². The van der Waals surface area contributed by atoms with Gasteiger partial charge in [-0.15, -0.1) is 0 Å². The minimum Gasteiger partial charge on any atom is -0.489 e. The molecule has 25 heavy (non-hydrogen) atoms. The molecule has 1 N–H and O–H groups in total. The molecule has 1 aliphatic heterocycles. The highest BCUT2D eigenvalue weighted by atomic mass is 32.2. The first-order valence-corrected chi connectivity index (χ1v) is 9.72. The highest BCUT2D eigenvalue weighted by Crippen LogP contribution is 2.18. The van der Waals surface area contributed by atoms with E-state index in [9.17, 15) is 4.79 Å². The molecule has 2 aromatic rings. The van der Waals surface area contributed by atoms with E-state index >= 15 is 0 Å². The molecular formula is C19H24N2O3S. The molecule has 0 radical (unpaired) electrons. The van der Waals surface area contributed by atoms with Crippen LogP contribution in [0, 0.1) is 0 Å². The molecule has 1 saturated heterocycles. The lowest BCUT2D eigenvalue weighted by molar-refractivity contribution is 0.0931. The van der Waals surface area contributed by atoms with Crippen LogP contribution in [0.15, 0.2) is 47.3 Å². The van der Waals surface area contributed by atoms with Gasteiger partial charge in [0.2, 0.25) is 0 Å². The second-order valence-electron chi connectivity index (χ2n) is 6.19. The molecule has 0 aliphatic carbocycles. The molecular weight excluding hydrogens is 336 g/mol. The first kappa shape index (κ1) is 17.9. The van der Waals surface area contributed by atoms with Crippen molar-refractivity contribution in [3.8, 4) is 5.75 Å². The van der Waals surface area contributed by atoms with Crippen LogP contribution in [-0.4, -0.2) is 48.1 Å². The van der Waals surface area contributed by atoms with Crippen molar-refractivity contribution < 1.29 is 13.9 Å². The highest BCUT2D eigenvalue weighted by molar-refractivity contribution is 7.99. The van der Waals surface area contributed by atoms with Gasteiger partial charge in [0, 0.05) is 31.1 Å². The van der Waals surface area contributed by atoms with Gasteiger partial charge in [-0.2, -0.15) is 11.8 Å². The molecule has 6 heteroatoms. The van der Waals surface area contributed by atoms with Crippen LogP contribution >= 0.6 is 11.8 Å². The van der Waals surface area contributed by atoms with Gasteiger partial charge in [0.05, 0.1) is 18.4 Å². The molecule has 1 atom stereocenters. The van der Waals surface area contributed by atoms with Crippen molar-refractivity contribution in [2.75, 3.05) is 31.1 Å². The van der Waals surface area contributed by atoms with Gasteiger partial charge >= 0.3 is 0 Å². The molecule has 5 nitrogen and oxygen atoms in total. The fraction of sp³-hybridized carbons (Fsp3) is 0.421. The third kappa shape index (κ3) is 5.54. The van der Waals surface area contributed by atoms with Crippen LogP contribution in [0.5, 0.6) is 5.75 Å². The number of ether oxygens (including phenoxy) is 1. The van der Waals surface area contributed by atoms with Gasteiger partial charge in [-0.25, -0.2) is 0 Å².